The molecular formula is C27H27Cl2NZr. The van der Waals surface area contributed by atoms with E-state index in [1.165, 1.54) is 44.0 Å². The van der Waals surface area contributed by atoms with Crippen molar-refractivity contribution in [3.63, 3.8) is 0 Å². The average molecular weight is 528 g/mol. The van der Waals surface area contributed by atoms with Crippen LogP contribution in [0.25, 0.3) is 27.2 Å². The van der Waals surface area contributed by atoms with Crippen molar-refractivity contribution < 1.29 is 51.0 Å². The molecule has 1 aliphatic carbocycles. The Morgan fingerprint density at radius 3 is 1.74 bits per heavy atom. The second kappa shape index (κ2) is 10.9. The van der Waals surface area contributed by atoms with Crippen LogP contribution in [-0.2, 0) is 26.2 Å². The molecule has 3 aromatic carbocycles. The first kappa shape index (κ1) is 27.6. The first-order chi connectivity index (χ1) is 13.4. The van der Waals surface area contributed by atoms with E-state index in [4.69, 9.17) is 0 Å². The number of fused-ring (bicyclic) bond motifs is 2. The SMILES string of the molecule is CC1=[C-]C(C)(C)C(C)=C1C.[Cl-].[Cl-].[Zr+4].c1ccc2cn(-[c-]3ccc4ccccc43)cc2c1. The molecule has 0 amide bonds. The second-order valence-corrected chi connectivity index (χ2v) is 8.23. The molecule has 31 heavy (non-hydrogen) atoms. The van der Waals surface area contributed by atoms with E-state index in [-0.39, 0.29) is 56.4 Å². The largest absolute Gasteiger partial charge is 4.00 e. The maximum absolute atomic E-state index is 3.44. The van der Waals surface area contributed by atoms with Crippen molar-refractivity contribution in [2.45, 2.75) is 34.6 Å². The molecule has 158 valence electrons. The van der Waals surface area contributed by atoms with Gasteiger partial charge < -0.3 is 29.4 Å². The molecule has 0 aliphatic heterocycles. The summed E-state index contributed by atoms with van der Waals surface area (Å²) in [4.78, 5) is 0. The summed E-state index contributed by atoms with van der Waals surface area (Å²) in [6, 6.07) is 21.3. The van der Waals surface area contributed by atoms with Gasteiger partial charge in [0.2, 0.25) is 0 Å². The molecule has 1 aromatic heterocycles. The van der Waals surface area contributed by atoms with Crippen molar-refractivity contribution in [3.8, 4) is 5.69 Å². The number of aromatic nitrogens is 1. The summed E-state index contributed by atoms with van der Waals surface area (Å²) >= 11 is 0. The van der Waals surface area contributed by atoms with E-state index < -0.39 is 0 Å². The smallest absolute Gasteiger partial charge is 1.00 e. The molecule has 0 N–H and O–H groups in total. The molecule has 4 heteroatoms. The van der Waals surface area contributed by atoms with Gasteiger partial charge in [0.05, 0.1) is 0 Å². The van der Waals surface area contributed by atoms with E-state index in [1.54, 1.807) is 0 Å². The maximum Gasteiger partial charge on any atom is 4.00 e. The summed E-state index contributed by atoms with van der Waals surface area (Å²) in [6.45, 7) is 10.9. The normalized spacial score (nSPS) is 14.2. The van der Waals surface area contributed by atoms with Gasteiger partial charge in [0, 0.05) is 0 Å². The Morgan fingerprint density at radius 1 is 0.774 bits per heavy atom. The Bertz CT molecular complexity index is 1190. The molecule has 0 saturated heterocycles. The van der Waals surface area contributed by atoms with Gasteiger partial charge in [-0.2, -0.15) is 11.1 Å². The van der Waals surface area contributed by atoms with Crippen molar-refractivity contribution in [3.05, 3.63) is 95.9 Å². The van der Waals surface area contributed by atoms with E-state index in [0.717, 1.165) is 0 Å². The Labute approximate surface area is 217 Å². The van der Waals surface area contributed by atoms with Crippen LogP contribution in [0.1, 0.15) is 34.6 Å². The van der Waals surface area contributed by atoms with Gasteiger partial charge in [0.1, 0.15) is 0 Å². The molecule has 0 atom stereocenters. The standard InChI is InChI=1S/C17H12N.C10H15.2ClH.Zr/c1-2-7-15-12-18(11-14(15)6-1)17-10-9-13-5-3-4-8-16(13)17;1-7-6-10(4,5)9(3)8(7)2;;;/h1-12H;1-5H3;2*1H;/q2*-1;;;+4/p-2. The summed E-state index contributed by atoms with van der Waals surface area (Å²) in [6.07, 6.45) is 7.82. The second-order valence-electron chi connectivity index (χ2n) is 8.23. The van der Waals surface area contributed by atoms with Crippen molar-refractivity contribution in [1.29, 1.82) is 0 Å². The number of halogens is 2. The van der Waals surface area contributed by atoms with Crippen molar-refractivity contribution in [2.75, 3.05) is 0 Å². The molecule has 0 radical (unpaired) electrons. The first-order valence-electron chi connectivity index (χ1n) is 9.88. The van der Waals surface area contributed by atoms with E-state index in [1.807, 2.05) is 0 Å². The third-order valence-corrected chi connectivity index (χ3v) is 6.05. The van der Waals surface area contributed by atoms with Crippen LogP contribution in [0.4, 0.5) is 0 Å². The van der Waals surface area contributed by atoms with Gasteiger partial charge in [0.15, 0.2) is 0 Å². The summed E-state index contributed by atoms with van der Waals surface area (Å²) in [5.41, 5.74) is 5.65. The van der Waals surface area contributed by atoms with Crippen LogP contribution in [0.15, 0.2) is 89.8 Å². The summed E-state index contributed by atoms with van der Waals surface area (Å²) in [5, 5.41) is 5.16. The van der Waals surface area contributed by atoms with Crippen molar-refractivity contribution >= 4 is 21.5 Å². The van der Waals surface area contributed by atoms with E-state index in [9.17, 15) is 0 Å². The number of nitrogens with zero attached hydrogens (tertiary/aromatic N) is 1. The zero-order valence-electron chi connectivity index (χ0n) is 18.6. The van der Waals surface area contributed by atoms with Crippen LogP contribution in [-0.4, -0.2) is 4.57 Å². The number of rotatable bonds is 1. The van der Waals surface area contributed by atoms with Crippen LogP contribution in [0.3, 0.4) is 0 Å². The maximum atomic E-state index is 3.44. The Balaban J connectivity index is 0.000000324. The fourth-order valence-corrected chi connectivity index (χ4v) is 3.99. The molecule has 1 heterocycles. The summed E-state index contributed by atoms with van der Waals surface area (Å²) < 4.78 is 2.22. The number of hydrogen-bond donors (Lipinski definition) is 0. The predicted molar refractivity (Wildman–Crippen MR) is 121 cm³/mol. The molecule has 5 rings (SSSR count). The zero-order chi connectivity index (χ0) is 19.9. The minimum Gasteiger partial charge on any atom is -1.00 e. The average Bonchev–Trinajstić information content (AvgIpc) is 3.34. The number of benzene rings is 2. The molecular weight excluding hydrogens is 500 g/mol. The monoisotopic (exact) mass is 525 g/mol. The quantitative estimate of drug-likeness (QED) is 0.332. The van der Waals surface area contributed by atoms with Gasteiger partial charge in [-0.25, -0.2) is 5.57 Å². The zero-order valence-corrected chi connectivity index (χ0v) is 22.6. The number of hydrogen-bond acceptors (Lipinski definition) is 0. The summed E-state index contributed by atoms with van der Waals surface area (Å²) in [7, 11) is 0. The van der Waals surface area contributed by atoms with Gasteiger partial charge in [-0.05, 0) is 28.9 Å². The van der Waals surface area contributed by atoms with Gasteiger partial charge in [0.25, 0.3) is 0 Å². The van der Waals surface area contributed by atoms with Crippen LogP contribution >= 0.6 is 0 Å². The van der Waals surface area contributed by atoms with Crippen molar-refractivity contribution in [1.82, 2.24) is 4.57 Å². The molecule has 4 aromatic rings. The van der Waals surface area contributed by atoms with Crippen LogP contribution < -0.4 is 24.8 Å². The molecule has 1 nitrogen and oxygen atoms in total. The molecule has 0 fully saturated rings. The van der Waals surface area contributed by atoms with Gasteiger partial charge in [-0.3, -0.25) is 6.08 Å². The molecule has 0 saturated carbocycles. The Hall–Kier alpha value is -1.47. The van der Waals surface area contributed by atoms with E-state index >= 15 is 0 Å². The Morgan fingerprint density at radius 2 is 1.29 bits per heavy atom. The molecule has 0 spiro atoms. The number of allylic oxidation sites excluding steroid dienone is 4. The van der Waals surface area contributed by atoms with Crippen LogP contribution in [0.2, 0.25) is 0 Å². The first-order valence-corrected chi connectivity index (χ1v) is 9.88. The van der Waals surface area contributed by atoms with E-state index in [2.05, 4.69) is 118 Å². The molecule has 0 unspecified atom stereocenters. The van der Waals surface area contributed by atoms with Crippen LogP contribution in [0.5, 0.6) is 0 Å². The minimum absolute atomic E-state index is 0. The molecule has 1 aliphatic rings. The van der Waals surface area contributed by atoms with Gasteiger partial charge in [-0.15, -0.1) is 19.1 Å². The van der Waals surface area contributed by atoms with Crippen LogP contribution in [0, 0.1) is 11.5 Å². The van der Waals surface area contributed by atoms with E-state index in [0.29, 0.717) is 0 Å². The van der Waals surface area contributed by atoms with Gasteiger partial charge >= 0.3 is 26.2 Å². The Kier molecular flexibility index (Phi) is 9.70. The van der Waals surface area contributed by atoms with Gasteiger partial charge in [-0.1, -0.05) is 92.4 Å². The van der Waals surface area contributed by atoms with Crippen molar-refractivity contribution in [2.24, 2.45) is 5.41 Å². The topological polar surface area (TPSA) is 4.93 Å². The fraction of sp³-hybridized carbons (Fsp3) is 0.222. The predicted octanol–water partition coefficient (Wildman–Crippen LogP) is 1.62. The third kappa shape index (κ3) is 5.48. The minimum atomic E-state index is 0. The third-order valence-electron chi connectivity index (χ3n) is 6.05. The fourth-order valence-electron chi connectivity index (χ4n) is 3.99. The molecule has 0 bridgehead atoms. The summed E-state index contributed by atoms with van der Waals surface area (Å²) in [5.74, 6) is 0.